The van der Waals surface area contributed by atoms with Crippen molar-refractivity contribution in [2.45, 2.75) is 19.3 Å². The highest BCUT2D eigenvalue weighted by Crippen LogP contribution is 2.23. The van der Waals surface area contributed by atoms with Gasteiger partial charge in [0.05, 0.1) is 23.9 Å². The molecule has 2 N–H and O–H groups in total. The van der Waals surface area contributed by atoms with Crippen molar-refractivity contribution in [3.63, 3.8) is 0 Å². The van der Waals surface area contributed by atoms with Crippen LogP contribution in [-0.4, -0.2) is 26.5 Å². The standard InChI is InChI=1S/C22H18N4O4/c27-20-7-5-14(11-23-20)13-4-6-16-15(9-13)22(28)26-19(24-16)10-21-25-17(12-30-21)18-3-1-2-8-29-18/h3-7,9,11-12H,1-2,8,10H2,(H,23,27)(H,24,26,28). The van der Waals surface area contributed by atoms with E-state index in [2.05, 4.69) is 19.9 Å². The summed E-state index contributed by atoms with van der Waals surface area (Å²) in [6, 6.07) is 8.57. The van der Waals surface area contributed by atoms with E-state index >= 15 is 0 Å². The highest BCUT2D eigenvalue weighted by Gasteiger charge is 2.14. The molecule has 4 aromatic rings. The summed E-state index contributed by atoms with van der Waals surface area (Å²) in [5, 5.41) is 0.469. The molecule has 1 aliphatic rings. The van der Waals surface area contributed by atoms with E-state index in [1.165, 1.54) is 6.07 Å². The smallest absolute Gasteiger partial charge is 0.258 e. The summed E-state index contributed by atoms with van der Waals surface area (Å²) < 4.78 is 11.1. The van der Waals surface area contributed by atoms with E-state index in [-0.39, 0.29) is 17.5 Å². The molecule has 1 aromatic carbocycles. The normalized spacial score (nSPS) is 13.8. The number of H-pyrrole nitrogens is 2. The zero-order chi connectivity index (χ0) is 20.5. The number of nitrogens with one attached hydrogen (secondary N) is 2. The fraction of sp³-hybridized carbons (Fsp3) is 0.182. The van der Waals surface area contributed by atoms with Crippen LogP contribution in [0.2, 0.25) is 0 Å². The average Bonchev–Trinajstić information content (AvgIpc) is 3.23. The Hall–Kier alpha value is -3.94. The minimum atomic E-state index is -0.244. The summed E-state index contributed by atoms with van der Waals surface area (Å²) in [5.41, 5.74) is 2.44. The van der Waals surface area contributed by atoms with Crippen LogP contribution in [0.4, 0.5) is 0 Å². The number of allylic oxidation sites excluding steroid dienone is 1. The molecule has 0 atom stereocenters. The lowest BCUT2D eigenvalue weighted by molar-refractivity contribution is 0.257. The number of nitrogens with zero attached hydrogens (tertiary/aromatic N) is 2. The lowest BCUT2D eigenvalue weighted by Crippen LogP contribution is -2.12. The topological polar surface area (TPSA) is 114 Å². The number of ether oxygens (including phenoxy) is 1. The van der Waals surface area contributed by atoms with Crippen molar-refractivity contribution < 1.29 is 9.15 Å². The second-order valence-electron chi connectivity index (χ2n) is 7.05. The molecule has 0 aliphatic carbocycles. The molecule has 8 heteroatoms. The summed E-state index contributed by atoms with van der Waals surface area (Å²) in [6.45, 7) is 0.675. The van der Waals surface area contributed by atoms with Gasteiger partial charge in [-0.1, -0.05) is 6.07 Å². The monoisotopic (exact) mass is 402 g/mol. The van der Waals surface area contributed by atoms with Gasteiger partial charge in [0.15, 0.2) is 0 Å². The molecule has 4 heterocycles. The van der Waals surface area contributed by atoms with Gasteiger partial charge in [-0.05, 0) is 48.2 Å². The third-order valence-electron chi connectivity index (χ3n) is 4.93. The van der Waals surface area contributed by atoms with Gasteiger partial charge in [-0.15, -0.1) is 0 Å². The van der Waals surface area contributed by atoms with E-state index in [9.17, 15) is 9.59 Å². The van der Waals surface area contributed by atoms with Crippen LogP contribution in [0.15, 0.2) is 62.9 Å². The van der Waals surface area contributed by atoms with E-state index in [0.717, 1.165) is 29.7 Å². The van der Waals surface area contributed by atoms with E-state index in [1.54, 1.807) is 30.7 Å². The van der Waals surface area contributed by atoms with Gasteiger partial charge in [0, 0.05) is 12.3 Å². The molecule has 8 nitrogen and oxygen atoms in total. The quantitative estimate of drug-likeness (QED) is 0.542. The molecule has 0 fully saturated rings. The molecule has 0 amide bonds. The van der Waals surface area contributed by atoms with Crippen molar-refractivity contribution in [3.05, 3.63) is 87.0 Å². The Balaban J connectivity index is 1.43. The highest BCUT2D eigenvalue weighted by molar-refractivity contribution is 5.83. The first-order valence-electron chi connectivity index (χ1n) is 9.65. The van der Waals surface area contributed by atoms with E-state index in [1.807, 2.05) is 12.1 Å². The number of rotatable bonds is 4. The molecule has 0 radical (unpaired) electrons. The molecule has 150 valence electrons. The van der Waals surface area contributed by atoms with Gasteiger partial charge in [0.2, 0.25) is 11.4 Å². The number of fused-ring (bicyclic) bond motifs is 1. The third-order valence-corrected chi connectivity index (χ3v) is 4.93. The van der Waals surface area contributed by atoms with Crippen molar-refractivity contribution in [1.29, 1.82) is 0 Å². The molecule has 0 bridgehead atoms. The molecular weight excluding hydrogens is 384 g/mol. The SMILES string of the molecule is O=c1ccc(-c2ccc3nc(Cc4nc(C5=CCCCO5)co4)[nH]c(=O)c3c2)c[nH]1. The van der Waals surface area contributed by atoms with Crippen molar-refractivity contribution in [2.24, 2.45) is 0 Å². The number of hydrogen-bond acceptors (Lipinski definition) is 6. The van der Waals surface area contributed by atoms with Gasteiger partial charge < -0.3 is 19.1 Å². The summed E-state index contributed by atoms with van der Waals surface area (Å²) in [5.74, 6) is 1.65. The molecule has 0 spiro atoms. The predicted octanol–water partition coefficient (Wildman–Crippen LogP) is 3.01. The van der Waals surface area contributed by atoms with Crippen molar-refractivity contribution in [1.82, 2.24) is 19.9 Å². The van der Waals surface area contributed by atoms with Crippen LogP contribution < -0.4 is 11.1 Å². The van der Waals surface area contributed by atoms with Gasteiger partial charge in [0.25, 0.3) is 5.56 Å². The Labute approximate surface area is 170 Å². The van der Waals surface area contributed by atoms with Crippen molar-refractivity contribution >= 4 is 16.7 Å². The average molecular weight is 402 g/mol. The number of aromatic amines is 2. The van der Waals surface area contributed by atoms with Crippen LogP contribution in [0, 0.1) is 0 Å². The minimum absolute atomic E-state index is 0.176. The summed E-state index contributed by atoms with van der Waals surface area (Å²) in [6.07, 6.45) is 7.40. The Morgan fingerprint density at radius 3 is 2.77 bits per heavy atom. The van der Waals surface area contributed by atoms with Gasteiger partial charge in [-0.2, -0.15) is 0 Å². The zero-order valence-electron chi connectivity index (χ0n) is 16.0. The molecule has 30 heavy (non-hydrogen) atoms. The third kappa shape index (κ3) is 3.55. The van der Waals surface area contributed by atoms with Crippen LogP contribution in [0.1, 0.15) is 30.3 Å². The van der Waals surface area contributed by atoms with Crippen LogP contribution >= 0.6 is 0 Å². The Bertz CT molecular complexity index is 1360. The predicted molar refractivity (Wildman–Crippen MR) is 111 cm³/mol. The van der Waals surface area contributed by atoms with Gasteiger partial charge in [-0.3, -0.25) is 9.59 Å². The molecule has 5 rings (SSSR count). The summed E-state index contributed by atoms with van der Waals surface area (Å²) in [7, 11) is 0. The van der Waals surface area contributed by atoms with E-state index < -0.39 is 0 Å². The Morgan fingerprint density at radius 1 is 1.07 bits per heavy atom. The maximum absolute atomic E-state index is 12.6. The number of hydrogen-bond donors (Lipinski definition) is 2. The van der Waals surface area contributed by atoms with E-state index in [0.29, 0.717) is 34.9 Å². The van der Waals surface area contributed by atoms with Crippen molar-refractivity contribution in [3.8, 4) is 11.1 Å². The number of pyridine rings is 1. The van der Waals surface area contributed by atoms with Crippen molar-refractivity contribution in [2.75, 3.05) is 6.61 Å². The fourth-order valence-corrected chi connectivity index (χ4v) is 3.43. The second-order valence-corrected chi connectivity index (χ2v) is 7.05. The first-order chi connectivity index (χ1) is 14.7. The molecular formula is C22H18N4O4. The van der Waals surface area contributed by atoms with Gasteiger partial charge in [-0.25, -0.2) is 9.97 Å². The fourth-order valence-electron chi connectivity index (χ4n) is 3.43. The molecule has 0 saturated heterocycles. The number of aromatic nitrogens is 4. The first kappa shape index (κ1) is 18.1. The maximum Gasteiger partial charge on any atom is 0.258 e. The first-order valence-corrected chi connectivity index (χ1v) is 9.65. The minimum Gasteiger partial charge on any atom is -0.492 e. The highest BCUT2D eigenvalue weighted by atomic mass is 16.5. The summed E-state index contributed by atoms with van der Waals surface area (Å²) >= 11 is 0. The second kappa shape index (κ2) is 7.47. The number of oxazole rings is 1. The molecule has 3 aromatic heterocycles. The van der Waals surface area contributed by atoms with Gasteiger partial charge in [0.1, 0.15) is 23.5 Å². The van der Waals surface area contributed by atoms with Crippen LogP contribution in [-0.2, 0) is 11.2 Å². The van der Waals surface area contributed by atoms with Crippen LogP contribution in [0.3, 0.4) is 0 Å². The molecule has 0 unspecified atom stereocenters. The van der Waals surface area contributed by atoms with Crippen LogP contribution in [0.5, 0.6) is 0 Å². The van der Waals surface area contributed by atoms with E-state index in [4.69, 9.17) is 9.15 Å². The van der Waals surface area contributed by atoms with Crippen LogP contribution in [0.25, 0.3) is 27.8 Å². The number of benzene rings is 1. The Kier molecular flexibility index (Phi) is 4.51. The Morgan fingerprint density at radius 2 is 1.97 bits per heavy atom. The lowest BCUT2D eigenvalue weighted by atomic mass is 10.1. The lowest BCUT2D eigenvalue weighted by Gasteiger charge is -2.11. The zero-order valence-corrected chi connectivity index (χ0v) is 16.0. The largest absolute Gasteiger partial charge is 0.492 e. The van der Waals surface area contributed by atoms with Gasteiger partial charge >= 0.3 is 0 Å². The summed E-state index contributed by atoms with van der Waals surface area (Å²) in [4.78, 5) is 38.3. The molecule has 1 aliphatic heterocycles. The maximum atomic E-state index is 12.6. The molecule has 0 saturated carbocycles.